The molecule has 0 bridgehead atoms. The van der Waals surface area contributed by atoms with Gasteiger partial charge in [-0.15, -0.1) is 0 Å². The number of nitrogens with zero attached hydrogens (tertiary/aromatic N) is 2. The first kappa shape index (κ1) is 8.21. The molecule has 66 valence electrons. The Morgan fingerprint density at radius 2 is 2.46 bits per heavy atom. The van der Waals surface area contributed by atoms with Crippen molar-refractivity contribution in [3.05, 3.63) is 29.6 Å². The highest BCUT2D eigenvalue weighted by molar-refractivity contribution is 5.37. The Morgan fingerprint density at radius 1 is 1.62 bits per heavy atom. The van der Waals surface area contributed by atoms with Crippen molar-refractivity contribution < 1.29 is 0 Å². The second-order valence-corrected chi connectivity index (χ2v) is 3.47. The summed E-state index contributed by atoms with van der Waals surface area (Å²) >= 11 is 0. The van der Waals surface area contributed by atoms with Crippen LogP contribution in [-0.2, 0) is 12.0 Å². The summed E-state index contributed by atoms with van der Waals surface area (Å²) in [6, 6.07) is 4.13. The number of hydrogen-bond donors (Lipinski definition) is 1. The van der Waals surface area contributed by atoms with Gasteiger partial charge in [-0.3, -0.25) is 4.98 Å². The second-order valence-electron chi connectivity index (χ2n) is 3.47. The van der Waals surface area contributed by atoms with Gasteiger partial charge in [0.05, 0.1) is 6.07 Å². The topological polar surface area (TPSA) is 62.7 Å². The average Bonchev–Trinajstić information content (AvgIpc) is 2.19. The summed E-state index contributed by atoms with van der Waals surface area (Å²) in [6.07, 6.45) is 6.21. The Bertz CT molecular complexity index is 367. The Balaban J connectivity index is 2.56. The molecular weight excluding hydrogens is 162 g/mol. The van der Waals surface area contributed by atoms with E-state index in [1.165, 1.54) is 5.56 Å². The molecule has 0 saturated heterocycles. The monoisotopic (exact) mass is 173 g/mol. The van der Waals surface area contributed by atoms with Crippen LogP contribution >= 0.6 is 0 Å². The average molecular weight is 173 g/mol. The van der Waals surface area contributed by atoms with Crippen molar-refractivity contribution in [1.82, 2.24) is 4.98 Å². The lowest BCUT2D eigenvalue weighted by Crippen LogP contribution is -2.38. The van der Waals surface area contributed by atoms with E-state index in [2.05, 4.69) is 11.1 Å². The van der Waals surface area contributed by atoms with E-state index in [1.54, 1.807) is 12.4 Å². The van der Waals surface area contributed by atoms with Crippen LogP contribution < -0.4 is 5.73 Å². The molecule has 1 atom stereocenters. The standard InChI is InChI=1S/C10H11N3/c11-7-10(12)4-1-2-8-3-5-13-6-9(8)10/h3,5-6H,1-2,4,12H2. The van der Waals surface area contributed by atoms with E-state index < -0.39 is 5.54 Å². The van der Waals surface area contributed by atoms with Crippen LogP contribution in [0.1, 0.15) is 24.0 Å². The summed E-state index contributed by atoms with van der Waals surface area (Å²) in [6.45, 7) is 0. The number of rotatable bonds is 0. The Morgan fingerprint density at radius 3 is 3.23 bits per heavy atom. The number of aromatic nitrogens is 1. The lowest BCUT2D eigenvalue weighted by molar-refractivity contribution is 0.467. The molecule has 13 heavy (non-hydrogen) atoms. The maximum absolute atomic E-state index is 8.99. The fraction of sp³-hybridized carbons (Fsp3) is 0.400. The number of pyridine rings is 1. The number of fused-ring (bicyclic) bond motifs is 1. The van der Waals surface area contributed by atoms with Crippen molar-refractivity contribution in [2.24, 2.45) is 5.73 Å². The van der Waals surface area contributed by atoms with Gasteiger partial charge in [0.2, 0.25) is 0 Å². The third-order valence-corrected chi connectivity index (χ3v) is 2.61. The van der Waals surface area contributed by atoms with E-state index in [0.717, 1.165) is 24.8 Å². The van der Waals surface area contributed by atoms with E-state index in [9.17, 15) is 0 Å². The van der Waals surface area contributed by atoms with Gasteiger partial charge in [0, 0.05) is 18.0 Å². The van der Waals surface area contributed by atoms with Crippen molar-refractivity contribution in [2.45, 2.75) is 24.8 Å². The van der Waals surface area contributed by atoms with Crippen molar-refractivity contribution in [3.63, 3.8) is 0 Å². The van der Waals surface area contributed by atoms with E-state index in [1.807, 2.05) is 6.07 Å². The molecule has 0 radical (unpaired) electrons. The first-order chi connectivity index (χ1) is 6.26. The Hall–Kier alpha value is -1.40. The van der Waals surface area contributed by atoms with Gasteiger partial charge in [-0.1, -0.05) is 0 Å². The number of nitrogens with two attached hydrogens (primary N) is 1. The van der Waals surface area contributed by atoms with Crippen LogP contribution in [0.15, 0.2) is 18.5 Å². The molecule has 1 aromatic rings. The minimum absolute atomic E-state index is 0.738. The zero-order valence-electron chi connectivity index (χ0n) is 7.33. The minimum Gasteiger partial charge on any atom is -0.310 e. The maximum atomic E-state index is 8.99. The van der Waals surface area contributed by atoms with Crippen LogP contribution in [0.5, 0.6) is 0 Å². The molecular formula is C10H11N3. The SMILES string of the molecule is N#CC1(N)CCCc2ccncc21. The molecule has 2 rings (SSSR count). The van der Waals surface area contributed by atoms with Gasteiger partial charge in [0.15, 0.2) is 0 Å². The fourth-order valence-corrected chi connectivity index (χ4v) is 1.85. The maximum Gasteiger partial charge on any atom is 0.131 e. The van der Waals surface area contributed by atoms with Gasteiger partial charge < -0.3 is 5.73 Å². The highest BCUT2D eigenvalue weighted by Crippen LogP contribution is 2.31. The molecule has 1 unspecified atom stereocenters. The van der Waals surface area contributed by atoms with Gasteiger partial charge in [-0.05, 0) is 30.9 Å². The Labute approximate surface area is 77.2 Å². The van der Waals surface area contributed by atoms with E-state index in [0.29, 0.717) is 0 Å². The molecule has 0 aliphatic heterocycles. The molecule has 1 aliphatic carbocycles. The predicted molar refractivity (Wildman–Crippen MR) is 48.7 cm³/mol. The predicted octanol–water partition coefficient (Wildman–Crippen LogP) is 1.10. The summed E-state index contributed by atoms with van der Waals surface area (Å²) in [7, 11) is 0. The van der Waals surface area contributed by atoms with E-state index in [4.69, 9.17) is 11.0 Å². The number of aryl methyl sites for hydroxylation is 1. The molecule has 0 fully saturated rings. The van der Waals surface area contributed by atoms with Crippen molar-refractivity contribution in [2.75, 3.05) is 0 Å². The summed E-state index contributed by atoms with van der Waals surface area (Å²) in [5.41, 5.74) is 7.24. The van der Waals surface area contributed by atoms with Crippen LogP contribution in [0.4, 0.5) is 0 Å². The minimum atomic E-state index is -0.804. The van der Waals surface area contributed by atoms with Gasteiger partial charge in [0.1, 0.15) is 5.54 Å². The summed E-state index contributed by atoms with van der Waals surface area (Å²) in [5, 5.41) is 8.99. The van der Waals surface area contributed by atoms with Crippen LogP contribution in [0, 0.1) is 11.3 Å². The Kier molecular flexibility index (Phi) is 1.78. The highest BCUT2D eigenvalue weighted by atomic mass is 14.8. The van der Waals surface area contributed by atoms with E-state index in [-0.39, 0.29) is 0 Å². The summed E-state index contributed by atoms with van der Waals surface area (Å²) in [4.78, 5) is 4.01. The number of hydrogen-bond acceptors (Lipinski definition) is 3. The van der Waals surface area contributed by atoms with Crippen molar-refractivity contribution >= 4 is 0 Å². The summed E-state index contributed by atoms with van der Waals surface area (Å²) < 4.78 is 0. The first-order valence-corrected chi connectivity index (χ1v) is 4.40. The lowest BCUT2D eigenvalue weighted by atomic mass is 9.79. The van der Waals surface area contributed by atoms with Gasteiger partial charge in [-0.2, -0.15) is 5.26 Å². The van der Waals surface area contributed by atoms with Gasteiger partial charge >= 0.3 is 0 Å². The number of nitriles is 1. The largest absolute Gasteiger partial charge is 0.310 e. The quantitative estimate of drug-likeness (QED) is 0.638. The molecule has 0 amide bonds. The molecule has 0 spiro atoms. The smallest absolute Gasteiger partial charge is 0.131 e. The zero-order valence-corrected chi connectivity index (χ0v) is 7.33. The molecule has 3 nitrogen and oxygen atoms in total. The van der Waals surface area contributed by atoms with Gasteiger partial charge in [-0.25, -0.2) is 0 Å². The molecule has 0 aromatic carbocycles. The molecule has 1 heterocycles. The molecule has 1 aromatic heterocycles. The van der Waals surface area contributed by atoms with Crippen molar-refractivity contribution in [3.8, 4) is 6.07 Å². The zero-order chi connectivity index (χ0) is 9.31. The van der Waals surface area contributed by atoms with Crippen LogP contribution in [0.25, 0.3) is 0 Å². The third kappa shape index (κ3) is 1.20. The first-order valence-electron chi connectivity index (χ1n) is 4.40. The fourth-order valence-electron chi connectivity index (χ4n) is 1.85. The molecule has 2 N–H and O–H groups in total. The third-order valence-electron chi connectivity index (χ3n) is 2.61. The van der Waals surface area contributed by atoms with Gasteiger partial charge in [0.25, 0.3) is 0 Å². The van der Waals surface area contributed by atoms with Crippen LogP contribution in [0.2, 0.25) is 0 Å². The van der Waals surface area contributed by atoms with Crippen molar-refractivity contribution in [1.29, 1.82) is 5.26 Å². The highest BCUT2D eigenvalue weighted by Gasteiger charge is 2.32. The van der Waals surface area contributed by atoms with Crippen LogP contribution in [0.3, 0.4) is 0 Å². The second kappa shape index (κ2) is 2.82. The lowest BCUT2D eigenvalue weighted by Gasteiger charge is -2.28. The normalized spacial score (nSPS) is 26.2. The van der Waals surface area contributed by atoms with E-state index >= 15 is 0 Å². The summed E-state index contributed by atoms with van der Waals surface area (Å²) in [5.74, 6) is 0. The van der Waals surface area contributed by atoms with Crippen LogP contribution in [-0.4, -0.2) is 4.98 Å². The molecule has 0 saturated carbocycles. The molecule has 1 aliphatic rings. The molecule has 3 heteroatoms.